The minimum atomic E-state index is 0.322. The number of amides is 1. The summed E-state index contributed by atoms with van der Waals surface area (Å²) in [6, 6.07) is 3.95. The van der Waals surface area contributed by atoms with Crippen molar-refractivity contribution in [3.63, 3.8) is 0 Å². The van der Waals surface area contributed by atoms with E-state index in [0.29, 0.717) is 11.8 Å². The van der Waals surface area contributed by atoms with E-state index >= 15 is 0 Å². The van der Waals surface area contributed by atoms with Gasteiger partial charge in [-0.2, -0.15) is 0 Å². The normalized spacial score (nSPS) is 10.4. The molecule has 90 valence electrons. The SMILES string of the molecule is C#Cc1cc(C(C)C)c(NC=O)c(C(C)C)c1. The maximum absolute atomic E-state index is 10.7. The van der Waals surface area contributed by atoms with E-state index in [9.17, 15) is 4.79 Å². The summed E-state index contributed by atoms with van der Waals surface area (Å²) in [5.74, 6) is 3.32. The maximum atomic E-state index is 10.7. The highest BCUT2D eigenvalue weighted by Crippen LogP contribution is 2.33. The highest BCUT2D eigenvalue weighted by molar-refractivity contribution is 5.77. The van der Waals surface area contributed by atoms with Gasteiger partial charge in [-0.3, -0.25) is 4.79 Å². The van der Waals surface area contributed by atoms with Gasteiger partial charge in [0.15, 0.2) is 0 Å². The van der Waals surface area contributed by atoms with Gasteiger partial charge in [0.1, 0.15) is 0 Å². The van der Waals surface area contributed by atoms with Crippen LogP contribution in [0.25, 0.3) is 0 Å². The van der Waals surface area contributed by atoms with Crippen LogP contribution in [-0.4, -0.2) is 6.41 Å². The second-order valence-electron chi connectivity index (χ2n) is 4.75. The van der Waals surface area contributed by atoms with Crippen molar-refractivity contribution in [3.05, 3.63) is 28.8 Å². The van der Waals surface area contributed by atoms with Gasteiger partial charge in [-0.1, -0.05) is 33.6 Å². The van der Waals surface area contributed by atoms with Crippen LogP contribution in [0.3, 0.4) is 0 Å². The molecule has 0 aliphatic heterocycles. The predicted molar refractivity (Wildman–Crippen MR) is 72.2 cm³/mol. The summed E-state index contributed by atoms with van der Waals surface area (Å²) in [7, 11) is 0. The van der Waals surface area contributed by atoms with E-state index in [1.807, 2.05) is 12.1 Å². The third kappa shape index (κ3) is 2.88. The van der Waals surface area contributed by atoms with Crippen molar-refractivity contribution in [3.8, 4) is 12.3 Å². The summed E-state index contributed by atoms with van der Waals surface area (Å²) in [5, 5.41) is 2.81. The Morgan fingerprint density at radius 3 is 1.94 bits per heavy atom. The number of carbonyl (C=O) groups excluding carboxylic acids is 1. The number of rotatable bonds is 4. The van der Waals surface area contributed by atoms with Crippen molar-refractivity contribution in [1.82, 2.24) is 0 Å². The zero-order valence-corrected chi connectivity index (χ0v) is 10.9. The zero-order valence-electron chi connectivity index (χ0n) is 10.9. The molecule has 1 amide bonds. The van der Waals surface area contributed by atoms with Gasteiger partial charge >= 0.3 is 0 Å². The highest BCUT2D eigenvalue weighted by atomic mass is 16.1. The van der Waals surface area contributed by atoms with Crippen LogP contribution in [0.4, 0.5) is 5.69 Å². The minimum Gasteiger partial charge on any atom is -0.328 e. The lowest BCUT2D eigenvalue weighted by Crippen LogP contribution is -2.06. The van der Waals surface area contributed by atoms with Crippen LogP contribution >= 0.6 is 0 Å². The number of nitrogens with one attached hydrogen (secondary N) is 1. The Labute approximate surface area is 103 Å². The molecule has 0 unspecified atom stereocenters. The monoisotopic (exact) mass is 229 g/mol. The summed E-state index contributed by atoms with van der Waals surface area (Å²) in [6.07, 6.45) is 6.20. The molecule has 0 spiro atoms. The first-order chi connectivity index (χ1) is 8.01. The number of terminal acetylenes is 1. The molecule has 0 atom stereocenters. The van der Waals surface area contributed by atoms with E-state index in [4.69, 9.17) is 6.42 Å². The molecule has 0 radical (unpaired) electrons. The molecule has 0 bridgehead atoms. The summed E-state index contributed by atoms with van der Waals surface area (Å²) < 4.78 is 0. The minimum absolute atomic E-state index is 0.322. The quantitative estimate of drug-likeness (QED) is 0.621. The van der Waals surface area contributed by atoms with E-state index in [0.717, 1.165) is 28.8 Å². The van der Waals surface area contributed by atoms with Crippen LogP contribution in [0, 0.1) is 12.3 Å². The van der Waals surface area contributed by atoms with Gasteiger partial charge in [-0.15, -0.1) is 6.42 Å². The maximum Gasteiger partial charge on any atom is 0.211 e. The predicted octanol–water partition coefficient (Wildman–Crippen LogP) is 3.48. The lowest BCUT2D eigenvalue weighted by atomic mass is 9.90. The number of hydrogen-bond acceptors (Lipinski definition) is 1. The van der Waals surface area contributed by atoms with Crippen LogP contribution in [0.5, 0.6) is 0 Å². The van der Waals surface area contributed by atoms with Crippen LogP contribution in [0.15, 0.2) is 12.1 Å². The standard InChI is InChI=1S/C15H19NO/c1-6-12-7-13(10(2)3)15(16-9-17)14(8-12)11(4)5/h1,7-11H,2-5H3,(H,16,17). The molecule has 1 aromatic carbocycles. The Balaban J connectivity index is 3.50. The van der Waals surface area contributed by atoms with E-state index in [-0.39, 0.29) is 0 Å². The highest BCUT2D eigenvalue weighted by Gasteiger charge is 2.14. The molecule has 0 saturated heterocycles. The first-order valence-corrected chi connectivity index (χ1v) is 5.85. The second-order valence-corrected chi connectivity index (χ2v) is 4.75. The van der Waals surface area contributed by atoms with Crippen molar-refractivity contribution in [2.75, 3.05) is 5.32 Å². The second kappa shape index (κ2) is 5.54. The van der Waals surface area contributed by atoms with Crippen LogP contribution in [0.1, 0.15) is 56.2 Å². The van der Waals surface area contributed by atoms with Gasteiger partial charge in [0.25, 0.3) is 0 Å². The third-order valence-electron chi connectivity index (χ3n) is 2.81. The molecule has 0 fully saturated rings. The fraction of sp³-hybridized carbons (Fsp3) is 0.400. The summed E-state index contributed by atoms with van der Waals surface area (Å²) in [4.78, 5) is 10.7. The topological polar surface area (TPSA) is 29.1 Å². The largest absolute Gasteiger partial charge is 0.328 e. The molecule has 2 nitrogen and oxygen atoms in total. The molecule has 2 heteroatoms. The summed E-state index contributed by atoms with van der Waals surface area (Å²) in [6.45, 7) is 8.37. The molecule has 1 N–H and O–H groups in total. The van der Waals surface area contributed by atoms with Gasteiger partial charge in [0.05, 0.1) is 0 Å². The molecule has 0 saturated carbocycles. The number of benzene rings is 1. The van der Waals surface area contributed by atoms with E-state index in [1.165, 1.54) is 0 Å². The molecule has 1 aromatic rings. The molecular weight excluding hydrogens is 210 g/mol. The zero-order chi connectivity index (χ0) is 13.0. The summed E-state index contributed by atoms with van der Waals surface area (Å²) in [5.41, 5.74) is 3.96. The fourth-order valence-electron chi connectivity index (χ4n) is 1.91. The number of anilines is 1. The molecule has 1 rings (SSSR count). The van der Waals surface area contributed by atoms with Crippen molar-refractivity contribution in [2.45, 2.75) is 39.5 Å². The van der Waals surface area contributed by atoms with E-state index in [1.54, 1.807) is 0 Å². The smallest absolute Gasteiger partial charge is 0.211 e. The lowest BCUT2D eigenvalue weighted by molar-refractivity contribution is -0.105. The Hall–Kier alpha value is -1.75. The van der Waals surface area contributed by atoms with Gasteiger partial charge in [-0.05, 0) is 35.1 Å². The molecule has 0 aliphatic carbocycles. The van der Waals surface area contributed by atoms with Crippen LogP contribution in [0.2, 0.25) is 0 Å². The van der Waals surface area contributed by atoms with Gasteiger partial charge in [0, 0.05) is 11.3 Å². The molecule has 17 heavy (non-hydrogen) atoms. The van der Waals surface area contributed by atoms with E-state index < -0.39 is 0 Å². The first-order valence-electron chi connectivity index (χ1n) is 5.85. The number of carbonyl (C=O) groups is 1. The Bertz CT molecular complexity index is 423. The molecule has 0 heterocycles. The number of hydrogen-bond donors (Lipinski definition) is 1. The van der Waals surface area contributed by atoms with Crippen molar-refractivity contribution >= 4 is 12.1 Å². The molecule has 0 aromatic heterocycles. The van der Waals surface area contributed by atoms with Crippen LogP contribution < -0.4 is 5.32 Å². The lowest BCUT2D eigenvalue weighted by Gasteiger charge is -2.19. The third-order valence-corrected chi connectivity index (χ3v) is 2.81. The van der Waals surface area contributed by atoms with Crippen molar-refractivity contribution in [2.24, 2.45) is 0 Å². The van der Waals surface area contributed by atoms with Gasteiger partial charge < -0.3 is 5.32 Å². The Morgan fingerprint density at radius 1 is 1.18 bits per heavy atom. The van der Waals surface area contributed by atoms with Crippen molar-refractivity contribution < 1.29 is 4.79 Å². The average Bonchev–Trinajstić information content (AvgIpc) is 2.28. The van der Waals surface area contributed by atoms with Gasteiger partial charge in [-0.25, -0.2) is 0 Å². The summed E-state index contributed by atoms with van der Waals surface area (Å²) >= 11 is 0. The fourth-order valence-corrected chi connectivity index (χ4v) is 1.91. The first kappa shape index (κ1) is 13.3. The van der Waals surface area contributed by atoms with Gasteiger partial charge in [0.2, 0.25) is 6.41 Å². The average molecular weight is 229 g/mol. The Kier molecular flexibility index (Phi) is 4.34. The molecular formula is C15H19NO. The van der Waals surface area contributed by atoms with E-state index in [2.05, 4.69) is 38.9 Å². The molecule has 0 aliphatic rings. The Morgan fingerprint density at radius 2 is 1.65 bits per heavy atom. The van der Waals surface area contributed by atoms with Crippen LogP contribution in [-0.2, 0) is 4.79 Å². The van der Waals surface area contributed by atoms with Crippen molar-refractivity contribution in [1.29, 1.82) is 0 Å².